The van der Waals surface area contributed by atoms with Gasteiger partial charge in [-0.2, -0.15) is 0 Å². The van der Waals surface area contributed by atoms with Crippen molar-refractivity contribution in [1.82, 2.24) is 19.7 Å². The van der Waals surface area contributed by atoms with E-state index in [0.717, 1.165) is 29.9 Å². The Morgan fingerprint density at radius 3 is 2.65 bits per heavy atom. The van der Waals surface area contributed by atoms with Gasteiger partial charge in [-0.1, -0.05) is 35.9 Å². The van der Waals surface area contributed by atoms with E-state index < -0.39 is 0 Å². The van der Waals surface area contributed by atoms with Crippen molar-refractivity contribution in [3.8, 4) is 28.6 Å². The van der Waals surface area contributed by atoms with Gasteiger partial charge in [-0.3, -0.25) is 0 Å². The Labute approximate surface area is 185 Å². The number of benzene rings is 2. The summed E-state index contributed by atoms with van der Waals surface area (Å²) in [5, 5.41) is 5.27. The van der Waals surface area contributed by atoms with Crippen molar-refractivity contribution in [3.63, 3.8) is 0 Å². The Kier molecular flexibility index (Phi) is 5.08. The molecule has 6 nitrogen and oxygen atoms in total. The number of nitrogens with zero attached hydrogens (tertiary/aromatic N) is 4. The molecule has 5 rings (SSSR count). The van der Waals surface area contributed by atoms with Crippen LogP contribution >= 0.6 is 11.6 Å². The highest BCUT2D eigenvalue weighted by molar-refractivity contribution is 6.29. The van der Waals surface area contributed by atoms with E-state index in [0.29, 0.717) is 22.5 Å². The quantitative estimate of drug-likeness (QED) is 0.411. The highest BCUT2D eigenvalue weighted by Gasteiger charge is 2.29. The van der Waals surface area contributed by atoms with E-state index in [1.54, 1.807) is 26.5 Å². The number of hydrogen-bond donors (Lipinski definition) is 0. The Morgan fingerprint density at radius 1 is 1.00 bits per heavy atom. The van der Waals surface area contributed by atoms with Crippen LogP contribution in [-0.4, -0.2) is 34.0 Å². The lowest BCUT2D eigenvalue weighted by atomic mass is 10.0. The second-order valence-corrected chi connectivity index (χ2v) is 7.79. The van der Waals surface area contributed by atoms with Crippen LogP contribution in [0.4, 0.5) is 0 Å². The van der Waals surface area contributed by atoms with E-state index in [-0.39, 0.29) is 5.92 Å². The standard InChI is InChI=1S/C24H21ClN4O2/c1-30-20-10-8-17(14-21(20)31-2)29-24(19-9-7-15-5-3-4-6-18(15)19)27-23(28-29)16-11-12-26-22(25)13-16/h3-6,8,10-14,19H,7,9H2,1-2H3/t19-/m1/s1. The van der Waals surface area contributed by atoms with Gasteiger partial charge in [0.05, 0.1) is 19.9 Å². The van der Waals surface area contributed by atoms with E-state index in [9.17, 15) is 0 Å². The van der Waals surface area contributed by atoms with Crippen molar-refractivity contribution in [2.24, 2.45) is 0 Å². The predicted octanol–water partition coefficient (Wildman–Crippen LogP) is 5.08. The van der Waals surface area contributed by atoms with Crippen molar-refractivity contribution in [2.45, 2.75) is 18.8 Å². The lowest BCUT2D eigenvalue weighted by Gasteiger charge is -2.14. The molecule has 0 saturated carbocycles. The fraction of sp³-hybridized carbons (Fsp3) is 0.208. The number of aryl methyl sites for hydroxylation is 1. The van der Waals surface area contributed by atoms with E-state index >= 15 is 0 Å². The van der Waals surface area contributed by atoms with Gasteiger partial charge in [0, 0.05) is 23.7 Å². The van der Waals surface area contributed by atoms with Crippen LogP contribution in [0, 0.1) is 0 Å². The minimum absolute atomic E-state index is 0.155. The van der Waals surface area contributed by atoms with Gasteiger partial charge < -0.3 is 9.47 Å². The van der Waals surface area contributed by atoms with E-state index in [2.05, 4.69) is 29.2 Å². The molecule has 4 aromatic rings. The summed E-state index contributed by atoms with van der Waals surface area (Å²) in [4.78, 5) is 9.04. The summed E-state index contributed by atoms with van der Waals surface area (Å²) in [5.41, 5.74) is 4.35. The average molecular weight is 433 g/mol. The van der Waals surface area contributed by atoms with Gasteiger partial charge in [0.1, 0.15) is 11.0 Å². The van der Waals surface area contributed by atoms with Gasteiger partial charge in [0.25, 0.3) is 0 Å². The Bertz CT molecular complexity index is 1250. The maximum absolute atomic E-state index is 6.12. The van der Waals surface area contributed by atoms with Gasteiger partial charge in [-0.05, 0) is 48.2 Å². The molecule has 7 heteroatoms. The number of fused-ring (bicyclic) bond motifs is 1. The molecule has 0 N–H and O–H groups in total. The van der Waals surface area contributed by atoms with Crippen molar-refractivity contribution in [2.75, 3.05) is 14.2 Å². The van der Waals surface area contributed by atoms with Gasteiger partial charge in [-0.15, -0.1) is 5.10 Å². The number of pyridine rings is 1. The summed E-state index contributed by atoms with van der Waals surface area (Å²) in [5.74, 6) is 2.96. The second-order valence-electron chi connectivity index (χ2n) is 7.40. The minimum atomic E-state index is 0.155. The molecular weight excluding hydrogens is 412 g/mol. The second kappa shape index (κ2) is 8.04. The molecule has 31 heavy (non-hydrogen) atoms. The average Bonchev–Trinajstić information content (AvgIpc) is 3.43. The van der Waals surface area contributed by atoms with Crippen LogP contribution in [-0.2, 0) is 6.42 Å². The number of rotatable bonds is 5. The van der Waals surface area contributed by atoms with Crippen LogP contribution in [0.3, 0.4) is 0 Å². The number of aromatic nitrogens is 4. The minimum Gasteiger partial charge on any atom is -0.493 e. The third-order valence-electron chi connectivity index (χ3n) is 5.67. The van der Waals surface area contributed by atoms with Gasteiger partial charge in [0.2, 0.25) is 0 Å². The van der Waals surface area contributed by atoms with Crippen molar-refractivity contribution >= 4 is 11.6 Å². The first-order chi connectivity index (χ1) is 15.2. The van der Waals surface area contributed by atoms with Crippen LogP contribution < -0.4 is 9.47 Å². The summed E-state index contributed by atoms with van der Waals surface area (Å²) in [7, 11) is 3.25. The van der Waals surface area contributed by atoms with Crippen LogP contribution in [0.25, 0.3) is 17.1 Å². The molecule has 2 aromatic heterocycles. The third-order valence-corrected chi connectivity index (χ3v) is 5.88. The molecule has 0 bridgehead atoms. The highest BCUT2D eigenvalue weighted by Crippen LogP contribution is 2.39. The molecular formula is C24H21ClN4O2. The molecule has 0 saturated heterocycles. The molecule has 0 unspecified atom stereocenters. The summed E-state index contributed by atoms with van der Waals surface area (Å²) < 4.78 is 12.8. The molecule has 0 fully saturated rings. The monoisotopic (exact) mass is 432 g/mol. The fourth-order valence-corrected chi connectivity index (χ4v) is 4.36. The first kappa shape index (κ1) is 19.6. The molecule has 2 heterocycles. The Balaban J connectivity index is 1.68. The van der Waals surface area contributed by atoms with E-state index in [1.807, 2.05) is 28.9 Å². The molecule has 0 amide bonds. The number of halogens is 1. The summed E-state index contributed by atoms with van der Waals surface area (Å²) >= 11 is 6.12. The Hall–Kier alpha value is -3.38. The Morgan fingerprint density at radius 2 is 1.84 bits per heavy atom. The van der Waals surface area contributed by atoms with Gasteiger partial charge >= 0.3 is 0 Å². The smallest absolute Gasteiger partial charge is 0.182 e. The maximum atomic E-state index is 6.12. The molecule has 0 spiro atoms. The summed E-state index contributed by atoms with van der Waals surface area (Å²) in [6, 6.07) is 18.0. The van der Waals surface area contributed by atoms with E-state index in [1.165, 1.54) is 11.1 Å². The lowest BCUT2D eigenvalue weighted by Crippen LogP contribution is -2.08. The zero-order chi connectivity index (χ0) is 21.4. The van der Waals surface area contributed by atoms with Crippen molar-refractivity contribution < 1.29 is 9.47 Å². The zero-order valence-corrected chi connectivity index (χ0v) is 18.0. The SMILES string of the molecule is COc1ccc(-n2nc(-c3ccnc(Cl)c3)nc2[C@@H]2CCc3ccccc32)cc1OC. The number of methoxy groups -OCH3 is 2. The normalized spacial score (nSPS) is 15.0. The molecule has 0 radical (unpaired) electrons. The van der Waals surface area contributed by atoms with Crippen LogP contribution in [0.2, 0.25) is 5.15 Å². The summed E-state index contributed by atoms with van der Waals surface area (Å²) in [6.07, 6.45) is 3.68. The number of ether oxygens (including phenoxy) is 2. The highest BCUT2D eigenvalue weighted by atomic mass is 35.5. The molecule has 1 aliphatic carbocycles. The zero-order valence-electron chi connectivity index (χ0n) is 17.2. The topological polar surface area (TPSA) is 62.1 Å². The fourth-order valence-electron chi connectivity index (χ4n) is 4.19. The molecule has 0 aliphatic heterocycles. The molecule has 2 aromatic carbocycles. The van der Waals surface area contributed by atoms with Crippen LogP contribution in [0.15, 0.2) is 60.8 Å². The van der Waals surface area contributed by atoms with Gasteiger partial charge in [-0.25, -0.2) is 14.6 Å². The lowest BCUT2D eigenvalue weighted by molar-refractivity contribution is 0.354. The predicted molar refractivity (Wildman–Crippen MR) is 119 cm³/mol. The largest absolute Gasteiger partial charge is 0.493 e. The van der Waals surface area contributed by atoms with Crippen molar-refractivity contribution in [3.05, 3.63) is 82.9 Å². The third kappa shape index (κ3) is 3.53. The first-order valence-electron chi connectivity index (χ1n) is 10.1. The van der Waals surface area contributed by atoms with Gasteiger partial charge in [0.15, 0.2) is 17.3 Å². The number of hydrogen-bond acceptors (Lipinski definition) is 5. The van der Waals surface area contributed by atoms with Crippen LogP contribution in [0.5, 0.6) is 11.5 Å². The van der Waals surface area contributed by atoms with Crippen LogP contribution in [0.1, 0.15) is 29.3 Å². The van der Waals surface area contributed by atoms with Crippen molar-refractivity contribution in [1.29, 1.82) is 0 Å². The molecule has 156 valence electrons. The molecule has 1 atom stereocenters. The maximum Gasteiger partial charge on any atom is 0.182 e. The molecule has 1 aliphatic rings. The first-order valence-corrected chi connectivity index (χ1v) is 10.4. The summed E-state index contributed by atoms with van der Waals surface area (Å²) in [6.45, 7) is 0. The van der Waals surface area contributed by atoms with E-state index in [4.69, 9.17) is 31.2 Å².